The molecule has 1 fully saturated rings. The Balaban J connectivity index is 2.14. The monoisotopic (exact) mass is 393 g/mol. The number of rotatable bonds is 9. The van der Waals surface area contributed by atoms with Crippen molar-refractivity contribution in [1.29, 1.82) is 0 Å². The second-order valence-corrected chi connectivity index (χ2v) is 6.59. The smallest absolute Gasteiger partial charge is 0.254 e. The molecule has 1 saturated heterocycles. The summed E-state index contributed by atoms with van der Waals surface area (Å²) in [6.07, 6.45) is 1.12. The van der Waals surface area contributed by atoms with E-state index in [-0.39, 0.29) is 11.8 Å². The Kier molecular flexibility index (Phi) is 8.38. The molecule has 1 aliphatic heterocycles. The number of amides is 2. The first-order valence-electron chi connectivity index (χ1n) is 9.63. The molecule has 28 heavy (non-hydrogen) atoms. The van der Waals surface area contributed by atoms with Crippen LogP contribution in [0.2, 0.25) is 0 Å². The molecule has 0 aliphatic carbocycles. The molecule has 1 N–H and O–H groups in total. The minimum atomic E-state index is -0.158. The fraction of sp³-hybridized carbons (Fsp3) is 0.600. The molecule has 1 aromatic rings. The van der Waals surface area contributed by atoms with Gasteiger partial charge in [0.15, 0.2) is 11.5 Å². The summed E-state index contributed by atoms with van der Waals surface area (Å²) in [7, 11) is 4.55. The summed E-state index contributed by atoms with van der Waals surface area (Å²) >= 11 is 0. The highest BCUT2D eigenvalue weighted by Crippen LogP contribution is 2.38. The average molecular weight is 393 g/mol. The highest BCUT2D eigenvalue weighted by Gasteiger charge is 2.23. The quantitative estimate of drug-likeness (QED) is 0.683. The third kappa shape index (κ3) is 5.28. The molecule has 1 aliphatic rings. The SMILES string of the molecule is CCCN(CCC(=O)N1CCNCC1)C(=O)c1cc(OC)c(OC)c(OC)c1. The summed E-state index contributed by atoms with van der Waals surface area (Å²) < 4.78 is 16.0. The van der Waals surface area contributed by atoms with Crippen LogP contribution in [0, 0.1) is 0 Å². The molecule has 0 aromatic heterocycles. The van der Waals surface area contributed by atoms with Crippen LogP contribution in [0.15, 0.2) is 12.1 Å². The molecule has 0 atom stereocenters. The molecule has 8 nitrogen and oxygen atoms in total. The van der Waals surface area contributed by atoms with Crippen LogP contribution in [0.5, 0.6) is 17.2 Å². The minimum absolute atomic E-state index is 0.0836. The van der Waals surface area contributed by atoms with Gasteiger partial charge >= 0.3 is 0 Å². The molecule has 0 bridgehead atoms. The first-order chi connectivity index (χ1) is 13.5. The lowest BCUT2D eigenvalue weighted by Gasteiger charge is -2.29. The Morgan fingerprint density at radius 3 is 2.14 bits per heavy atom. The first kappa shape index (κ1) is 21.8. The third-order valence-corrected chi connectivity index (χ3v) is 4.76. The normalized spacial score (nSPS) is 13.8. The van der Waals surface area contributed by atoms with Crippen molar-refractivity contribution in [2.24, 2.45) is 0 Å². The number of piperazine rings is 1. The lowest BCUT2D eigenvalue weighted by atomic mass is 10.1. The largest absolute Gasteiger partial charge is 0.493 e. The zero-order valence-electron chi connectivity index (χ0n) is 17.2. The molecule has 1 aromatic carbocycles. The number of benzene rings is 1. The average Bonchev–Trinajstić information content (AvgIpc) is 2.75. The van der Waals surface area contributed by atoms with Crippen LogP contribution in [-0.4, -0.2) is 82.2 Å². The van der Waals surface area contributed by atoms with E-state index in [4.69, 9.17) is 14.2 Å². The summed E-state index contributed by atoms with van der Waals surface area (Å²) in [4.78, 5) is 29.1. The highest BCUT2D eigenvalue weighted by atomic mass is 16.5. The summed E-state index contributed by atoms with van der Waals surface area (Å²) in [5, 5.41) is 3.23. The first-order valence-corrected chi connectivity index (χ1v) is 9.63. The molecule has 2 rings (SSSR count). The lowest BCUT2D eigenvalue weighted by Crippen LogP contribution is -2.47. The Labute approximate surface area is 166 Å². The van der Waals surface area contributed by atoms with Crippen molar-refractivity contribution in [2.75, 3.05) is 60.6 Å². The van der Waals surface area contributed by atoms with Gasteiger partial charge in [-0.1, -0.05) is 6.92 Å². The van der Waals surface area contributed by atoms with Gasteiger partial charge in [-0.15, -0.1) is 0 Å². The van der Waals surface area contributed by atoms with Crippen molar-refractivity contribution >= 4 is 11.8 Å². The molecular formula is C20H31N3O5. The Hall–Kier alpha value is -2.48. The van der Waals surface area contributed by atoms with Crippen LogP contribution in [0.4, 0.5) is 0 Å². The molecule has 8 heteroatoms. The number of hydrogen-bond donors (Lipinski definition) is 1. The number of carbonyl (C=O) groups is 2. The van der Waals surface area contributed by atoms with E-state index in [1.165, 1.54) is 21.3 Å². The summed E-state index contributed by atoms with van der Waals surface area (Å²) in [6.45, 7) is 6.02. The van der Waals surface area contributed by atoms with E-state index in [0.29, 0.717) is 55.4 Å². The summed E-state index contributed by atoms with van der Waals surface area (Å²) in [5.41, 5.74) is 0.442. The van der Waals surface area contributed by atoms with Crippen LogP contribution in [0.3, 0.4) is 0 Å². The van der Waals surface area contributed by atoms with E-state index in [1.807, 2.05) is 11.8 Å². The number of nitrogens with one attached hydrogen (secondary N) is 1. The van der Waals surface area contributed by atoms with E-state index in [9.17, 15) is 9.59 Å². The molecule has 0 unspecified atom stereocenters. The molecule has 2 amide bonds. The van der Waals surface area contributed by atoms with Crippen LogP contribution in [0.25, 0.3) is 0 Å². The second kappa shape index (κ2) is 10.8. The topological polar surface area (TPSA) is 80.3 Å². The fourth-order valence-electron chi connectivity index (χ4n) is 3.27. The Morgan fingerprint density at radius 2 is 1.64 bits per heavy atom. The maximum absolute atomic E-state index is 13.1. The Morgan fingerprint density at radius 1 is 1.04 bits per heavy atom. The van der Waals surface area contributed by atoms with Crippen LogP contribution < -0.4 is 19.5 Å². The van der Waals surface area contributed by atoms with Crippen molar-refractivity contribution in [3.63, 3.8) is 0 Å². The van der Waals surface area contributed by atoms with Gasteiger partial charge in [0.25, 0.3) is 5.91 Å². The maximum atomic E-state index is 13.1. The third-order valence-electron chi connectivity index (χ3n) is 4.76. The van der Waals surface area contributed by atoms with Gasteiger partial charge in [-0.2, -0.15) is 0 Å². The number of hydrogen-bond acceptors (Lipinski definition) is 6. The van der Waals surface area contributed by atoms with Gasteiger partial charge in [-0.3, -0.25) is 9.59 Å². The van der Waals surface area contributed by atoms with E-state index in [0.717, 1.165) is 19.5 Å². The summed E-state index contributed by atoms with van der Waals surface area (Å²) in [5.74, 6) is 1.23. The maximum Gasteiger partial charge on any atom is 0.254 e. The molecule has 0 radical (unpaired) electrons. The molecular weight excluding hydrogens is 362 g/mol. The van der Waals surface area contributed by atoms with Crippen molar-refractivity contribution < 1.29 is 23.8 Å². The molecule has 0 spiro atoms. The van der Waals surface area contributed by atoms with Crippen molar-refractivity contribution in [3.8, 4) is 17.2 Å². The summed E-state index contributed by atoms with van der Waals surface area (Å²) in [6, 6.07) is 3.29. The predicted molar refractivity (Wildman–Crippen MR) is 106 cm³/mol. The zero-order valence-corrected chi connectivity index (χ0v) is 17.2. The number of methoxy groups -OCH3 is 3. The van der Waals surface area contributed by atoms with Gasteiger partial charge in [0.1, 0.15) is 0 Å². The Bertz CT molecular complexity index is 649. The van der Waals surface area contributed by atoms with Gasteiger partial charge < -0.3 is 29.3 Å². The van der Waals surface area contributed by atoms with Crippen LogP contribution >= 0.6 is 0 Å². The van der Waals surface area contributed by atoms with E-state index in [1.54, 1.807) is 17.0 Å². The highest BCUT2D eigenvalue weighted by molar-refractivity contribution is 5.96. The van der Waals surface area contributed by atoms with E-state index < -0.39 is 0 Å². The van der Waals surface area contributed by atoms with Crippen molar-refractivity contribution in [1.82, 2.24) is 15.1 Å². The van der Waals surface area contributed by atoms with Crippen LogP contribution in [-0.2, 0) is 4.79 Å². The number of carbonyl (C=O) groups excluding carboxylic acids is 2. The standard InChI is InChI=1S/C20H31N3O5/c1-5-9-23(10-6-18(24)22-11-7-21-8-12-22)20(25)15-13-16(26-2)19(28-4)17(14-15)27-3/h13-14,21H,5-12H2,1-4H3. The van der Waals surface area contributed by atoms with Gasteiger partial charge in [-0.05, 0) is 18.6 Å². The fourth-order valence-corrected chi connectivity index (χ4v) is 3.27. The molecule has 0 saturated carbocycles. The van der Waals surface area contributed by atoms with Gasteiger partial charge in [0.2, 0.25) is 11.7 Å². The van der Waals surface area contributed by atoms with Crippen molar-refractivity contribution in [3.05, 3.63) is 17.7 Å². The van der Waals surface area contributed by atoms with Gasteiger partial charge in [0.05, 0.1) is 21.3 Å². The second-order valence-electron chi connectivity index (χ2n) is 6.59. The predicted octanol–water partition coefficient (Wildman–Crippen LogP) is 1.39. The minimum Gasteiger partial charge on any atom is -0.493 e. The van der Waals surface area contributed by atoms with Gasteiger partial charge in [0, 0.05) is 51.3 Å². The van der Waals surface area contributed by atoms with E-state index >= 15 is 0 Å². The number of nitrogens with zero attached hydrogens (tertiary/aromatic N) is 2. The van der Waals surface area contributed by atoms with Crippen molar-refractivity contribution in [2.45, 2.75) is 19.8 Å². The zero-order chi connectivity index (χ0) is 20.5. The molecule has 1 heterocycles. The van der Waals surface area contributed by atoms with E-state index in [2.05, 4.69) is 5.32 Å². The lowest BCUT2D eigenvalue weighted by molar-refractivity contribution is -0.131. The number of ether oxygens (including phenoxy) is 3. The molecule has 156 valence electrons. The van der Waals surface area contributed by atoms with Crippen LogP contribution in [0.1, 0.15) is 30.1 Å². The van der Waals surface area contributed by atoms with Gasteiger partial charge in [-0.25, -0.2) is 0 Å².